The van der Waals surface area contributed by atoms with Crippen molar-refractivity contribution in [3.63, 3.8) is 0 Å². The Morgan fingerprint density at radius 1 is 0.828 bits per heavy atom. The Bertz CT molecular complexity index is 803. The van der Waals surface area contributed by atoms with Gasteiger partial charge in [-0.1, -0.05) is 47.6 Å². The van der Waals surface area contributed by atoms with E-state index >= 15 is 0 Å². The topological polar surface area (TPSA) is 52.6 Å². The second kappa shape index (κ2) is 7.16. The summed E-state index contributed by atoms with van der Waals surface area (Å²) in [5.41, 5.74) is 0.845. The van der Waals surface area contributed by atoms with Gasteiger partial charge >= 0.3 is 11.9 Å². The smallest absolute Gasteiger partial charge is 0.311 e. The van der Waals surface area contributed by atoms with Crippen LogP contribution in [0.1, 0.15) is 47.0 Å². The van der Waals surface area contributed by atoms with Crippen LogP contribution in [0.15, 0.2) is 59.8 Å². The highest BCUT2D eigenvalue weighted by molar-refractivity contribution is 5.85. The van der Waals surface area contributed by atoms with E-state index in [4.69, 9.17) is 9.47 Å². The lowest BCUT2D eigenvalue weighted by Crippen LogP contribution is -2.42. The first-order valence-electron chi connectivity index (χ1n) is 10.5. The minimum atomic E-state index is -0.657. The Hall–Kier alpha value is -2.36. The van der Waals surface area contributed by atoms with Crippen molar-refractivity contribution in [3.05, 3.63) is 59.8 Å². The zero-order chi connectivity index (χ0) is 20.8. The van der Waals surface area contributed by atoms with Crippen LogP contribution in [-0.4, -0.2) is 23.1 Å². The predicted molar refractivity (Wildman–Crippen MR) is 112 cm³/mol. The molecule has 6 atom stereocenters. The van der Waals surface area contributed by atoms with Crippen molar-refractivity contribution in [2.45, 2.75) is 58.2 Å². The van der Waals surface area contributed by atoms with Gasteiger partial charge in [0.2, 0.25) is 0 Å². The van der Waals surface area contributed by atoms with Gasteiger partial charge in [-0.2, -0.15) is 0 Å². The second-order valence-corrected chi connectivity index (χ2v) is 9.46. The fourth-order valence-electron chi connectivity index (χ4n) is 5.34. The maximum absolute atomic E-state index is 13.2. The van der Waals surface area contributed by atoms with Crippen molar-refractivity contribution in [1.29, 1.82) is 0 Å². The molecule has 0 heterocycles. The van der Waals surface area contributed by atoms with Crippen molar-refractivity contribution < 1.29 is 19.1 Å². The van der Waals surface area contributed by atoms with Crippen LogP contribution >= 0.6 is 0 Å². The average molecular weight is 395 g/mol. The number of ether oxygens (including phenoxy) is 2. The van der Waals surface area contributed by atoms with E-state index in [1.807, 2.05) is 64.2 Å². The van der Waals surface area contributed by atoms with E-state index in [0.717, 1.165) is 17.6 Å². The molecule has 1 saturated carbocycles. The first kappa shape index (κ1) is 19.9. The summed E-state index contributed by atoms with van der Waals surface area (Å²) < 4.78 is 11.9. The molecule has 4 nitrogen and oxygen atoms in total. The van der Waals surface area contributed by atoms with E-state index in [2.05, 4.69) is 12.2 Å². The van der Waals surface area contributed by atoms with E-state index in [1.165, 1.54) is 0 Å². The third kappa shape index (κ3) is 3.90. The Morgan fingerprint density at radius 3 is 1.62 bits per heavy atom. The van der Waals surface area contributed by atoms with E-state index in [0.29, 0.717) is 12.8 Å². The molecule has 0 amide bonds. The van der Waals surface area contributed by atoms with E-state index in [1.54, 1.807) is 0 Å². The summed E-state index contributed by atoms with van der Waals surface area (Å²) in [6.45, 7) is 7.85. The van der Waals surface area contributed by atoms with Gasteiger partial charge in [0.15, 0.2) is 0 Å². The Balaban J connectivity index is 1.51. The molecule has 0 aliphatic heterocycles. The Kier molecular flexibility index (Phi) is 4.92. The van der Waals surface area contributed by atoms with Gasteiger partial charge in [-0.05, 0) is 58.1 Å². The molecule has 29 heavy (non-hydrogen) atoms. The summed E-state index contributed by atoms with van der Waals surface area (Å²) >= 11 is 0. The lowest BCUT2D eigenvalue weighted by Gasteiger charge is -2.34. The summed E-state index contributed by atoms with van der Waals surface area (Å²) in [5, 5.41) is 0. The number of carbonyl (C=O) groups is 2. The fraction of sp³-hybridized carbons (Fsp3) is 0.520. The lowest BCUT2D eigenvalue weighted by molar-refractivity contribution is -0.172. The molecule has 154 valence electrons. The molecule has 0 aromatic heterocycles. The van der Waals surface area contributed by atoms with Crippen molar-refractivity contribution in [2.75, 3.05) is 0 Å². The molecular formula is C25H30O4. The third-order valence-electron chi connectivity index (χ3n) is 6.54. The van der Waals surface area contributed by atoms with Crippen LogP contribution < -0.4 is 0 Å². The monoisotopic (exact) mass is 394 g/mol. The first-order chi connectivity index (χ1) is 13.7. The third-order valence-corrected chi connectivity index (χ3v) is 6.54. The van der Waals surface area contributed by atoms with Gasteiger partial charge in [0.1, 0.15) is 11.2 Å². The maximum Gasteiger partial charge on any atom is 0.311 e. The maximum atomic E-state index is 13.2. The number of allylic oxidation sites excluding steroid dienone is 6. The van der Waals surface area contributed by atoms with Gasteiger partial charge in [-0.3, -0.25) is 9.59 Å². The molecule has 0 aromatic carbocycles. The standard InChI is InChI=1S/C25H30O4/c1-16-7-5-11-24(3,14-16)28-22(26)20-18-9-10-19(13-18)21(20)23(27)29-25(4)12-6-8-17(2)15-25/h5-10,14-15,18-21H,11-13H2,1-4H3. The predicted octanol–water partition coefficient (Wildman–Crippen LogP) is 4.84. The van der Waals surface area contributed by atoms with E-state index < -0.39 is 23.0 Å². The van der Waals surface area contributed by atoms with Gasteiger partial charge in [-0.25, -0.2) is 0 Å². The van der Waals surface area contributed by atoms with Crippen molar-refractivity contribution >= 4 is 11.9 Å². The van der Waals surface area contributed by atoms with Crippen molar-refractivity contribution in [1.82, 2.24) is 0 Å². The SMILES string of the molecule is CC1=CC(C)(OC(=O)C2C3C=CC(C3)C2C(=O)OC2(C)C=C(C)C=CC2)CC=C1. The summed E-state index contributed by atoms with van der Waals surface area (Å²) in [6.07, 6.45) is 18.4. The van der Waals surface area contributed by atoms with Gasteiger partial charge in [-0.15, -0.1) is 0 Å². The number of esters is 2. The van der Waals surface area contributed by atoms with Gasteiger partial charge in [0, 0.05) is 12.8 Å². The molecule has 4 heteroatoms. The molecule has 1 fully saturated rings. The van der Waals surface area contributed by atoms with E-state index in [-0.39, 0.29) is 23.8 Å². The number of carbonyl (C=O) groups excluding carboxylic acids is 2. The largest absolute Gasteiger partial charge is 0.455 e. The molecule has 6 unspecified atom stereocenters. The minimum absolute atomic E-state index is 0.0502. The minimum Gasteiger partial charge on any atom is -0.455 e. The van der Waals surface area contributed by atoms with Crippen LogP contribution in [0.3, 0.4) is 0 Å². The Morgan fingerprint density at radius 2 is 1.24 bits per heavy atom. The molecule has 0 saturated heterocycles. The number of hydrogen-bond acceptors (Lipinski definition) is 4. The molecule has 4 aliphatic carbocycles. The van der Waals surface area contributed by atoms with Crippen LogP contribution in [0.2, 0.25) is 0 Å². The van der Waals surface area contributed by atoms with Crippen molar-refractivity contribution in [2.24, 2.45) is 23.7 Å². The highest BCUT2D eigenvalue weighted by atomic mass is 16.6. The van der Waals surface area contributed by atoms with Gasteiger partial charge in [0.05, 0.1) is 11.8 Å². The zero-order valence-corrected chi connectivity index (χ0v) is 17.7. The van der Waals surface area contributed by atoms with Crippen LogP contribution in [0, 0.1) is 23.7 Å². The van der Waals surface area contributed by atoms with E-state index in [9.17, 15) is 9.59 Å². The normalized spacial score (nSPS) is 39.9. The van der Waals surface area contributed by atoms with Crippen molar-refractivity contribution in [3.8, 4) is 0 Å². The summed E-state index contributed by atoms with van der Waals surface area (Å²) in [7, 11) is 0. The molecule has 0 aromatic rings. The first-order valence-corrected chi connectivity index (χ1v) is 10.5. The molecule has 0 radical (unpaired) electrons. The highest BCUT2D eigenvalue weighted by Crippen LogP contribution is 2.50. The molecule has 0 spiro atoms. The Labute approximate surface area is 173 Å². The molecule has 0 N–H and O–H groups in total. The number of rotatable bonds is 4. The average Bonchev–Trinajstić information content (AvgIpc) is 3.21. The molecule has 2 bridgehead atoms. The molecule has 4 rings (SSSR count). The van der Waals surface area contributed by atoms with Gasteiger partial charge < -0.3 is 9.47 Å². The fourth-order valence-corrected chi connectivity index (χ4v) is 5.34. The zero-order valence-electron chi connectivity index (χ0n) is 17.7. The summed E-state index contributed by atoms with van der Waals surface area (Å²) in [5.74, 6) is -1.41. The highest BCUT2D eigenvalue weighted by Gasteiger charge is 2.54. The molecular weight excluding hydrogens is 364 g/mol. The number of hydrogen-bond donors (Lipinski definition) is 0. The quantitative estimate of drug-likeness (QED) is 0.506. The summed E-state index contributed by atoms with van der Waals surface area (Å²) in [4.78, 5) is 26.4. The van der Waals surface area contributed by atoms with Crippen LogP contribution in [-0.2, 0) is 19.1 Å². The number of fused-ring (bicyclic) bond motifs is 2. The van der Waals surface area contributed by atoms with Crippen LogP contribution in [0.4, 0.5) is 0 Å². The van der Waals surface area contributed by atoms with Crippen LogP contribution in [0.25, 0.3) is 0 Å². The lowest BCUT2D eigenvalue weighted by atomic mass is 9.82. The summed E-state index contributed by atoms with van der Waals surface area (Å²) in [6, 6.07) is 0. The van der Waals surface area contributed by atoms with Crippen LogP contribution in [0.5, 0.6) is 0 Å². The second-order valence-electron chi connectivity index (χ2n) is 9.46. The van der Waals surface area contributed by atoms with Gasteiger partial charge in [0.25, 0.3) is 0 Å². The molecule has 4 aliphatic rings.